The van der Waals surface area contributed by atoms with Gasteiger partial charge >= 0.3 is 0 Å². The highest BCUT2D eigenvalue weighted by molar-refractivity contribution is 5.95. The van der Waals surface area contributed by atoms with Gasteiger partial charge in [0.15, 0.2) is 11.5 Å². The molecule has 9 rings (SSSR count). The largest absolute Gasteiger partial charge is 0.453 e. The number of para-hydroxylation sites is 4. The molecule has 0 aromatic heterocycles. The highest BCUT2D eigenvalue weighted by atomic mass is 16.5. The topological polar surface area (TPSA) is 15.7 Å². The fourth-order valence-corrected chi connectivity index (χ4v) is 7.69. The highest BCUT2D eigenvalue weighted by Gasteiger charge is 2.42. The molecule has 0 amide bonds. The van der Waals surface area contributed by atoms with Gasteiger partial charge in [-0.05, 0) is 107 Å². The fourth-order valence-electron chi connectivity index (χ4n) is 7.69. The Morgan fingerprint density at radius 1 is 0.469 bits per heavy atom. The third-order valence-corrected chi connectivity index (χ3v) is 10.1. The number of benzene rings is 7. The predicted octanol–water partition coefficient (Wildman–Crippen LogP) is 13.0. The van der Waals surface area contributed by atoms with Crippen LogP contribution in [0.1, 0.15) is 30.5 Å². The van der Waals surface area contributed by atoms with Crippen LogP contribution in [-0.4, -0.2) is 0 Å². The first kappa shape index (κ1) is 29.1. The summed E-state index contributed by atoms with van der Waals surface area (Å²) in [6.45, 7) is 6.83. The molecule has 0 radical (unpaired) electrons. The molecule has 2 aliphatic heterocycles. The van der Waals surface area contributed by atoms with E-state index in [4.69, 9.17) is 4.74 Å². The first-order valence-corrected chi connectivity index (χ1v) is 16.9. The Hall–Kier alpha value is -6.06. The van der Waals surface area contributed by atoms with Gasteiger partial charge in [-0.1, -0.05) is 117 Å². The van der Waals surface area contributed by atoms with E-state index >= 15 is 0 Å². The predicted molar refractivity (Wildman–Crippen MR) is 204 cm³/mol. The van der Waals surface area contributed by atoms with Crippen LogP contribution in [0.5, 0.6) is 11.5 Å². The SMILES string of the molecule is Cc1cccc2c1N1c3cc(-c4cccc(-c5cccc(N(c6ccccc6)c6ccccc6)c5)c4)ccc3C(C)(C)c3cccc(c31)O2. The van der Waals surface area contributed by atoms with Crippen LogP contribution in [0.3, 0.4) is 0 Å². The van der Waals surface area contributed by atoms with Gasteiger partial charge in [0.05, 0.1) is 17.1 Å². The number of rotatable bonds is 5. The van der Waals surface area contributed by atoms with Crippen molar-refractivity contribution >= 4 is 34.1 Å². The molecule has 0 atom stereocenters. The van der Waals surface area contributed by atoms with Gasteiger partial charge < -0.3 is 14.5 Å². The average Bonchev–Trinajstić information content (AvgIpc) is 3.14. The van der Waals surface area contributed by atoms with E-state index in [1.54, 1.807) is 0 Å². The first-order valence-electron chi connectivity index (χ1n) is 16.9. The van der Waals surface area contributed by atoms with E-state index in [2.05, 4.69) is 194 Å². The second-order valence-corrected chi connectivity index (χ2v) is 13.5. The Morgan fingerprint density at radius 2 is 1.02 bits per heavy atom. The van der Waals surface area contributed by atoms with Crippen molar-refractivity contribution in [2.75, 3.05) is 9.80 Å². The molecule has 0 unspecified atom stereocenters. The molecule has 0 spiro atoms. The normalized spacial score (nSPS) is 13.5. The number of hydrogen-bond donors (Lipinski definition) is 0. The number of hydrogen-bond acceptors (Lipinski definition) is 3. The van der Waals surface area contributed by atoms with Crippen LogP contribution in [0, 0.1) is 6.92 Å². The van der Waals surface area contributed by atoms with E-state index in [9.17, 15) is 0 Å². The number of nitrogens with zero attached hydrogens (tertiary/aromatic N) is 2. The van der Waals surface area contributed by atoms with E-state index in [0.717, 1.165) is 39.9 Å². The minimum absolute atomic E-state index is 0.190. The molecule has 0 fully saturated rings. The minimum atomic E-state index is -0.190. The summed E-state index contributed by atoms with van der Waals surface area (Å²) < 4.78 is 6.53. The van der Waals surface area contributed by atoms with Crippen LogP contribution < -0.4 is 14.5 Å². The lowest BCUT2D eigenvalue weighted by Gasteiger charge is -2.45. The second kappa shape index (κ2) is 11.3. The Labute approximate surface area is 288 Å². The zero-order chi connectivity index (χ0) is 33.1. The summed E-state index contributed by atoms with van der Waals surface area (Å²) in [5.74, 6) is 1.80. The molecular weight excluding hydrogens is 597 g/mol. The van der Waals surface area contributed by atoms with Crippen LogP contribution >= 0.6 is 0 Å². The fraction of sp³-hybridized carbons (Fsp3) is 0.0870. The van der Waals surface area contributed by atoms with Crippen LogP contribution in [0.2, 0.25) is 0 Å². The van der Waals surface area contributed by atoms with Crippen molar-refractivity contribution in [3.05, 3.63) is 180 Å². The summed E-state index contributed by atoms with van der Waals surface area (Å²) in [4.78, 5) is 4.75. The van der Waals surface area contributed by atoms with Crippen LogP contribution in [0.4, 0.5) is 34.1 Å². The van der Waals surface area contributed by atoms with Crippen molar-refractivity contribution < 1.29 is 4.74 Å². The Kier molecular flexibility index (Phi) is 6.70. The molecule has 49 heavy (non-hydrogen) atoms. The third kappa shape index (κ3) is 4.73. The van der Waals surface area contributed by atoms with Crippen LogP contribution in [0.15, 0.2) is 164 Å². The van der Waals surface area contributed by atoms with E-state index in [1.807, 2.05) is 0 Å². The second-order valence-electron chi connectivity index (χ2n) is 13.5. The van der Waals surface area contributed by atoms with Crippen molar-refractivity contribution in [2.45, 2.75) is 26.2 Å². The van der Waals surface area contributed by atoms with Crippen molar-refractivity contribution in [2.24, 2.45) is 0 Å². The van der Waals surface area contributed by atoms with Gasteiger partial charge in [-0.2, -0.15) is 0 Å². The molecule has 0 bridgehead atoms. The maximum atomic E-state index is 6.53. The Bertz CT molecular complexity index is 2320. The molecule has 3 heteroatoms. The van der Waals surface area contributed by atoms with Gasteiger partial charge in [-0.15, -0.1) is 0 Å². The van der Waals surface area contributed by atoms with Crippen molar-refractivity contribution in [3.8, 4) is 33.8 Å². The summed E-state index contributed by atoms with van der Waals surface area (Å²) in [6, 6.07) is 58.7. The molecule has 3 nitrogen and oxygen atoms in total. The van der Waals surface area contributed by atoms with Crippen molar-refractivity contribution in [1.82, 2.24) is 0 Å². The summed E-state index contributed by atoms with van der Waals surface area (Å²) >= 11 is 0. The molecule has 236 valence electrons. The lowest BCUT2D eigenvalue weighted by atomic mass is 9.72. The maximum Gasteiger partial charge on any atom is 0.151 e. The Balaban J connectivity index is 1.15. The Morgan fingerprint density at radius 3 is 1.71 bits per heavy atom. The summed E-state index contributed by atoms with van der Waals surface area (Å²) in [5, 5.41) is 0. The third-order valence-electron chi connectivity index (χ3n) is 10.1. The molecule has 0 saturated carbocycles. The average molecular weight is 633 g/mol. The molecular formula is C46H36N2O. The first-order chi connectivity index (χ1) is 24.0. The summed E-state index contributed by atoms with van der Waals surface area (Å²) in [6.07, 6.45) is 0. The van der Waals surface area contributed by atoms with Gasteiger partial charge in [0.25, 0.3) is 0 Å². The smallest absolute Gasteiger partial charge is 0.151 e. The summed E-state index contributed by atoms with van der Waals surface area (Å²) in [5.41, 5.74) is 15.1. The molecule has 2 aliphatic rings. The van der Waals surface area contributed by atoms with Gasteiger partial charge in [0.2, 0.25) is 0 Å². The molecule has 0 aliphatic carbocycles. The van der Waals surface area contributed by atoms with Crippen molar-refractivity contribution in [1.29, 1.82) is 0 Å². The molecule has 0 N–H and O–H groups in total. The minimum Gasteiger partial charge on any atom is -0.453 e. The monoisotopic (exact) mass is 632 g/mol. The van der Waals surface area contributed by atoms with Gasteiger partial charge in [0, 0.05) is 22.5 Å². The molecule has 0 saturated heterocycles. The maximum absolute atomic E-state index is 6.53. The summed E-state index contributed by atoms with van der Waals surface area (Å²) in [7, 11) is 0. The van der Waals surface area contributed by atoms with Crippen molar-refractivity contribution in [3.63, 3.8) is 0 Å². The quantitative estimate of drug-likeness (QED) is 0.188. The lowest BCUT2D eigenvalue weighted by molar-refractivity contribution is 0.471. The molecule has 2 heterocycles. The van der Waals surface area contributed by atoms with E-state index in [-0.39, 0.29) is 5.41 Å². The van der Waals surface area contributed by atoms with E-state index < -0.39 is 0 Å². The van der Waals surface area contributed by atoms with E-state index in [0.29, 0.717) is 0 Å². The highest BCUT2D eigenvalue weighted by Crippen LogP contribution is 2.60. The number of anilines is 6. The molecule has 7 aromatic rings. The number of ether oxygens (including phenoxy) is 1. The number of aryl methyl sites for hydroxylation is 1. The zero-order valence-corrected chi connectivity index (χ0v) is 27.9. The zero-order valence-electron chi connectivity index (χ0n) is 27.9. The number of fused-ring (bicyclic) bond motifs is 4. The van der Waals surface area contributed by atoms with Gasteiger partial charge in [0.1, 0.15) is 0 Å². The van der Waals surface area contributed by atoms with Crippen LogP contribution in [0.25, 0.3) is 22.3 Å². The lowest BCUT2D eigenvalue weighted by Crippen LogP contribution is -2.32. The van der Waals surface area contributed by atoms with Gasteiger partial charge in [-0.3, -0.25) is 0 Å². The van der Waals surface area contributed by atoms with Gasteiger partial charge in [-0.25, -0.2) is 0 Å². The standard InChI is InChI=1S/C46H36N2O/c1-31-14-10-24-42-44(31)48-41-30-35(26-27-39(41)46(2,3)40-23-13-25-43(49-42)45(40)48)33-16-11-15-32(28-33)34-17-12-22-38(29-34)47(36-18-6-4-7-19-36)37-20-8-5-9-21-37/h4-30H,1-3H3. The molecule has 7 aromatic carbocycles. The van der Waals surface area contributed by atoms with Crippen LogP contribution in [-0.2, 0) is 5.41 Å². The van der Waals surface area contributed by atoms with E-state index in [1.165, 1.54) is 44.6 Å².